The third kappa shape index (κ3) is 4.50. The van der Waals surface area contributed by atoms with Crippen LogP contribution in [-0.4, -0.2) is 9.13 Å². The summed E-state index contributed by atoms with van der Waals surface area (Å²) in [6.07, 6.45) is 0. The Bertz CT molecular complexity index is 3000. The smallest absolute Gasteiger partial charge is 0.0645 e. The van der Waals surface area contributed by atoms with Crippen molar-refractivity contribution in [2.45, 2.75) is 0 Å². The van der Waals surface area contributed by atoms with Crippen LogP contribution in [0.2, 0.25) is 0 Å². The standard InChI is InChI=1S/C48H32N2/c1-4-13-33(14-5-1)34-23-27-39(28-24-34)50-47-30-26-37(32-44(47)42-21-12-20-40(48(42)50)35-15-6-2-7-16-35)36-25-29-46-43(31-36)41-19-10-11-22-45(41)49(46)38-17-8-3-9-18-38/h1-32H/i25D,29D,31D. The SMILES string of the molecule is [2H]c1c(-c2ccc3c(c2)c2cccc(-c4ccccc4)c2n3-c2ccc(-c3ccccc3)cc2)c([2H])c2c3ccccc3n(-c3ccccc3)c2c1[2H]. The van der Waals surface area contributed by atoms with E-state index in [0.29, 0.717) is 16.5 Å². The van der Waals surface area contributed by atoms with Gasteiger partial charge in [-0.05, 0) is 82.4 Å². The normalized spacial score (nSPS) is 12.4. The Kier molecular flexibility index (Phi) is 5.84. The van der Waals surface area contributed by atoms with E-state index in [9.17, 15) is 4.11 Å². The molecule has 0 amide bonds. The summed E-state index contributed by atoms with van der Waals surface area (Å²) in [7, 11) is 0. The molecule has 0 atom stereocenters. The van der Waals surface area contributed by atoms with Crippen LogP contribution in [-0.2, 0) is 0 Å². The quantitative estimate of drug-likeness (QED) is 0.177. The lowest BCUT2D eigenvalue weighted by Crippen LogP contribution is -1.95. The van der Waals surface area contributed by atoms with Crippen molar-refractivity contribution >= 4 is 43.6 Å². The number of aromatic nitrogens is 2. The first-order valence-corrected chi connectivity index (χ1v) is 17.0. The maximum Gasteiger partial charge on any atom is 0.0645 e. The topological polar surface area (TPSA) is 9.86 Å². The molecule has 0 bridgehead atoms. The molecule has 0 saturated heterocycles. The van der Waals surface area contributed by atoms with E-state index in [1.165, 1.54) is 5.56 Å². The minimum atomic E-state index is 0.0482. The highest BCUT2D eigenvalue weighted by atomic mass is 15.0. The van der Waals surface area contributed by atoms with Gasteiger partial charge in [-0.15, -0.1) is 0 Å². The summed E-state index contributed by atoms with van der Waals surface area (Å²) in [5.41, 5.74) is 11.4. The highest BCUT2D eigenvalue weighted by molar-refractivity contribution is 6.15. The lowest BCUT2D eigenvalue weighted by atomic mass is 9.99. The Labute approximate surface area is 294 Å². The summed E-state index contributed by atoms with van der Waals surface area (Å²) in [6, 6.07) is 60.7. The van der Waals surface area contributed by atoms with Crippen molar-refractivity contribution in [3.63, 3.8) is 0 Å². The van der Waals surface area contributed by atoms with Crippen molar-refractivity contribution in [3.8, 4) is 44.8 Å². The summed E-state index contributed by atoms with van der Waals surface area (Å²) in [5.74, 6) is 0. The summed E-state index contributed by atoms with van der Waals surface area (Å²) >= 11 is 0. The van der Waals surface area contributed by atoms with Gasteiger partial charge in [-0.2, -0.15) is 0 Å². The lowest BCUT2D eigenvalue weighted by molar-refractivity contribution is 1.18. The molecule has 0 aliphatic heterocycles. The van der Waals surface area contributed by atoms with Crippen LogP contribution in [0.1, 0.15) is 4.11 Å². The molecule has 0 aliphatic carbocycles. The molecule has 234 valence electrons. The molecule has 0 unspecified atom stereocenters. The van der Waals surface area contributed by atoms with Crippen LogP contribution in [0, 0.1) is 0 Å². The van der Waals surface area contributed by atoms with Gasteiger partial charge in [0.2, 0.25) is 0 Å². The van der Waals surface area contributed by atoms with E-state index < -0.39 is 0 Å². The third-order valence-corrected chi connectivity index (χ3v) is 9.84. The first-order chi connectivity index (χ1) is 26.1. The van der Waals surface area contributed by atoms with E-state index in [2.05, 4.69) is 108 Å². The minimum Gasteiger partial charge on any atom is -0.309 e. The van der Waals surface area contributed by atoms with Crippen molar-refractivity contribution in [1.29, 1.82) is 0 Å². The second kappa shape index (κ2) is 11.5. The molecular formula is C48H32N2. The zero-order valence-corrected chi connectivity index (χ0v) is 27.1. The molecule has 0 spiro atoms. The second-order valence-corrected chi connectivity index (χ2v) is 12.7. The largest absolute Gasteiger partial charge is 0.309 e. The molecule has 50 heavy (non-hydrogen) atoms. The Morgan fingerprint density at radius 2 is 0.940 bits per heavy atom. The van der Waals surface area contributed by atoms with E-state index in [1.807, 2.05) is 77.4 Å². The second-order valence-electron chi connectivity index (χ2n) is 12.7. The molecule has 0 saturated carbocycles. The van der Waals surface area contributed by atoms with Gasteiger partial charge in [0.1, 0.15) is 0 Å². The fourth-order valence-corrected chi connectivity index (χ4v) is 7.53. The Morgan fingerprint density at radius 1 is 0.340 bits per heavy atom. The van der Waals surface area contributed by atoms with Gasteiger partial charge < -0.3 is 9.13 Å². The van der Waals surface area contributed by atoms with Crippen molar-refractivity contribution in [2.75, 3.05) is 0 Å². The van der Waals surface area contributed by atoms with Gasteiger partial charge in [0, 0.05) is 38.5 Å². The zero-order chi connectivity index (χ0) is 35.6. The molecule has 8 aromatic carbocycles. The van der Waals surface area contributed by atoms with Crippen molar-refractivity contribution < 1.29 is 4.11 Å². The molecule has 10 rings (SSSR count). The summed E-state index contributed by atoms with van der Waals surface area (Å²) in [4.78, 5) is 0. The maximum absolute atomic E-state index is 9.70. The van der Waals surface area contributed by atoms with Crippen LogP contribution in [0.3, 0.4) is 0 Å². The molecule has 2 aromatic heterocycles. The number of fused-ring (bicyclic) bond motifs is 6. The molecule has 2 heteroatoms. The molecule has 0 fully saturated rings. The maximum atomic E-state index is 9.70. The lowest BCUT2D eigenvalue weighted by Gasteiger charge is -2.13. The molecule has 0 N–H and O–H groups in total. The summed E-state index contributed by atoms with van der Waals surface area (Å²) < 4.78 is 32.9. The molecule has 2 heterocycles. The molecule has 0 aliphatic rings. The predicted octanol–water partition coefficient (Wildman–Crippen LogP) is 12.9. The van der Waals surface area contributed by atoms with Crippen molar-refractivity contribution in [2.24, 2.45) is 0 Å². The summed E-state index contributed by atoms with van der Waals surface area (Å²) in [6.45, 7) is 0. The monoisotopic (exact) mass is 639 g/mol. The fraction of sp³-hybridized carbons (Fsp3) is 0. The van der Waals surface area contributed by atoms with Crippen LogP contribution >= 0.6 is 0 Å². The number of benzene rings is 8. The fourth-order valence-electron chi connectivity index (χ4n) is 7.53. The van der Waals surface area contributed by atoms with Crippen LogP contribution in [0.15, 0.2) is 194 Å². The average Bonchev–Trinajstić information content (AvgIpc) is 3.75. The molecule has 2 nitrogen and oxygen atoms in total. The summed E-state index contributed by atoms with van der Waals surface area (Å²) in [5, 5.41) is 3.70. The van der Waals surface area contributed by atoms with E-state index in [-0.39, 0.29) is 18.1 Å². The predicted molar refractivity (Wildman–Crippen MR) is 211 cm³/mol. The number of hydrogen-bond acceptors (Lipinski definition) is 0. The van der Waals surface area contributed by atoms with Crippen molar-refractivity contribution in [3.05, 3.63) is 194 Å². The molecular weight excluding hydrogens is 605 g/mol. The third-order valence-electron chi connectivity index (χ3n) is 9.84. The molecule has 10 aromatic rings. The van der Waals surface area contributed by atoms with Crippen LogP contribution < -0.4 is 0 Å². The van der Waals surface area contributed by atoms with Gasteiger partial charge in [0.15, 0.2) is 0 Å². The Hall–Kier alpha value is -6.64. The Morgan fingerprint density at radius 3 is 1.72 bits per heavy atom. The minimum absolute atomic E-state index is 0.0482. The first-order valence-electron chi connectivity index (χ1n) is 18.5. The van der Waals surface area contributed by atoms with Gasteiger partial charge in [0.05, 0.1) is 26.2 Å². The van der Waals surface area contributed by atoms with Gasteiger partial charge >= 0.3 is 0 Å². The number of rotatable bonds is 5. The van der Waals surface area contributed by atoms with Crippen LogP contribution in [0.4, 0.5) is 0 Å². The van der Waals surface area contributed by atoms with E-state index >= 15 is 0 Å². The van der Waals surface area contributed by atoms with Crippen LogP contribution in [0.25, 0.3) is 88.4 Å². The van der Waals surface area contributed by atoms with E-state index in [1.54, 1.807) is 0 Å². The van der Waals surface area contributed by atoms with Crippen molar-refractivity contribution in [1.82, 2.24) is 9.13 Å². The number of hydrogen-bond donors (Lipinski definition) is 0. The van der Waals surface area contributed by atoms with Gasteiger partial charge in [-0.3, -0.25) is 0 Å². The Balaban J connectivity index is 1.24. The highest BCUT2D eigenvalue weighted by Gasteiger charge is 2.18. The van der Waals surface area contributed by atoms with E-state index in [4.69, 9.17) is 0 Å². The van der Waals surface area contributed by atoms with Gasteiger partial charge in [-0.25, -0.2) is 0 Å². The van der Waals surface area contributed by atoms with E-state index in [0.717, 1.165) is 66.3 Å². The number of nitrogens with zero attached hydrogens (tertiary/aromatic N) is 2. The number of para-hydroxylation sites is 3. The first kappa shape index (κ1) is 25.4. The van der Waals surface area contributed by atoms with Gasteiger partial charge in [0.25, 0.3) is 0 Å². The average molecular weight is 640 g/mol. The highest BCUT2D eigenvalue weighted by Crippen LogP contribution is 2.41. The van der Waals surface area contributed by atoms with Gasteiger partial charge in [-0.1, -0.05) is 140 Å². The van der Waals surface area contributed by atoms with Crippen LogP contribution in [0.5, 0.6) is 0 Å². The zero-order valence-electron chi connectivity index (χ0n) is 30.1. The molecule has 0 radical (unpaired) electrons.